The summed E-state index contributed by atoms with van der Waals surface area (Å²) < 4.78 is 77.1. The number of halogens is 1. The quantitative estimate of drug-likeness (QED) is 0.0984. The number of aryl methyl sites for hydroxylation is 1. The summed E-state index contributed by atoms with van der Waals surface area (Å²) in [6.07, 6.45) is -0.196. The Morgan fingerprint density at radius 3 is 2.36 bits per heavy atom. The lowest BCUT2D eigenvalue weighted by Gasteiger charge is -2.31. The number of carbonyl (C=O) groups excluding carboxylic acids is 3. The van der Waals surface area contributed by atoms with Crippen LogP contribution in [0.25, 0.3) is 0 Å². The number of nitrogens with zero attached hydrogens (tertiary/aromatic N) is 1. The number of methoxy groups -OCH3 is 1. The molecule has 14 nitrogen and oxygen atoms in total. The molecule has 0 bridgehead atoms. The lowest BCUT2D eigenvalue weighted by Crippen LogP contribution is -2.48. The van der Waals surface area contributed by atoms with Crippen LogP contribution in [-0.2, 0) is 51.5 Å². The average molecular weight is 662 g/mol. The number of anilines is 1. The Hall–Kier alpha value is -3.63. The van der Waals surface area contributed by atoms with Gasteiger partial charge in [0.1, 0.15) is 35.8 Å². The second kappa shape index (κ2) is 16.1. The molecule has 0 saturated carbocycles. The maximum atomic E-state index is 16.6. The van der Waals surface area contributed by atoms with Crippen molar-refractivity contribution >= 4 is 34.1 Å². The Labute approximate surface area is 263 Å². The summed E-state index contributed by atoms with van der Waals surface area (Å²) in [4.78, 5) is 37.6. The summed E-state index contributed by atoms with van der Waals surface area (Å²) in [5.74, 6) is -2.38. The lowest BCUT2D eigenvalue weighted by molar-refractivity contribution is -0.152. The topological polar surface area (TPSA) is 168 Å². The molecule has 0 unspecified atom stereocenters. The second-order valence-electron chi connectivity index (χ2n) is 12.0. The molecule has 1 aromatic rings. The van der Waals surface area contributed by atoms with E-state index in [0.29, 0.717) is 22.7 Å². The van der Waals surface area contributed by atoms with E-state index in [-0.39, 0.29) is 37.6 Å². The number of amides is 2. The molecule has 0 heterocycles. The highest BCUT2D eigenvalue weighted by atomic mass is 32.2. The summed E-state index contributed by atoms with van der Waals surface area (Å²) in [5.41, 5.74) is -1.91. The van der Waals surface area contributed by atoms with Gasteiger partial charge in [-0.15, -0.1) is 0 Å². The molecule has 1 atom stereocenters. The summed E-state index contributed by atoms with van der Waals surface area (Å²) >= 11 is 0. The zero-order valence-corrected chi connectivity index (χ0v) is 27.6. The highest BCUT2D eigenvalue weighted by molar-refractivity contribution is 7.91. The first-order valence-corrected chi connectivity index (χ1v) is 15.6. The van der Waals surface area contributed by atoms with Crippen LogP contribution < -0.4 is 19.1 Å². The monoisotopic (exact) mass is 661 g/mol. The molecule has 0 aromatic heterocycles. The summed E-state index contributed by atoms with van der Waals surface area (Å²) in [6.45, 7) is 11.8. The number of alkyl carbamates (subject to hydrolysis) is 1. The first-order valence-electron chi connectivity index (χ1n) is 14.2. The highest BCUT2D eigenvalue weighted by Crippen LogP contribution is 2.40. The molecule has 2 amide bonds. The van der Waals surface area contributed by atoms with Crippen LogP contribution in [0.4, 0.5) is 19.7 Å². The number of fused-ring (bicyclic) bond motifs is 1. The third kappa shape index (κ3) is 12.4. The normalized spacial score (nSPS) is 14.9. The third-order valence-electron chi connectivity index (χ3n) is 5.84. The first-order chi connectivity index (χ1) is 20.9. The van der Waals surface area contributed by atoms with Crippen molar-refractivity contribution in [3.63, 3.8) is 0 Å². The van der Waals surface area contributed by atoms with Gasteiger partial charge in [-0.25, -0.2) is 23.0 Å². The van der Waals surface area contributed by atoms with Gasteiger partial charge in [-0.2, -0.15) is 8.42 Å². The molecule has 0 saturated heterocycles. The summed E-state index contributed by atoms with van der Waals surface area (Å²) in [5, 5.41) is 2.72. The Bertz CT molecular complexity index is 1320. The van der Waals surface area contributed by atoms with Gasteiger partial charge in [-0.05, 0) is 78.0 Å². The van der Waals surface area contributed by atoms with Gasteiger partial charge in [-0.3, -0.25) is 4.79 Å². The number of esters is 1. The molecule has 254 valence electrons. The van der Waals surface area contributed by atoms with E-state index in [1.54, 1.807) is 46.3 Å². The fraction of sp³-hybridized carbons (Fsp3) is 0.621. The Kier molecular flexibility index (Phi) is 13.4. The molecule has 1 aliphatic rings. The van der Waals surface area contributed by atoms with E-state index in [1.807, 2.05) is 0 Å². The van der Waals surface area contributed by atoms with Gasteiger partial charge in [0.25, 0.3) is 0 Å². The molecular formula is C29H44FN3O11S. The minimum absolute atomic E-state index is 0.0346. The van der Waals surface area contributed by atoms with E-state index in [2.05, 4.69) is 11.9 Å². The smallest absolute Gasteiger partial charge is 0.422 e. The fourth-order valence-corrected chi connectivity index (χ4v) is 5.24. The van der Waals surface area contributed by atoms with Crippen LogP contribution in [0.5, 0.6) is 5.75 Å². The van der Waals surface area contributed by atoms with Crippen LogP contribution >= 0.6 is 0 Å². The maximum Gasteiger partial charge on any atom is 0.422 e. The second-order valence-corrected chi connectivity index (χ2v) is 13.6. The molecule has 2 rings (SSSR count). The number of benzene rings is 1. The third-order valence-corrected chi connectivity index (χ3v) is 7.16. The van der Waals surface area contributed by atoms with Crippen molar-refractivity contribution in [1.82, 2.24) is 10.0 Å². The standard InChI is InChI=1S/C29H44FN3O11S/c1-9-12-41-27(36)32-45(37,38)33(17-23(34)43-28(2,3)4)25-22(42-18-40-14-13-39-8)15-19-10-11-20(16-21(19)24(25)30)31-26(35)44-29(5,6)7/h9,15,20H,1,10-14,16-18H2,2-8H3,(H,31,35)(H,32,36)/t20-/m1/s1. The average Bonchev–Trinajstić information content (AvgIpc) is 2.89. The number of hydrogen-bond donors (Lipinski definition) is 2. The van der Waals surface area contributed by atoms with Crippen molar-refractivity contribution < 1.29 is 55.6 Å². The predicted octanol–water partition coefficient (Wildman–Crippen LogP) is 3.51. The van der Waals surface area contributed by atoms with Crippen molar-refractivity contribution in [3.8, 4) is 5.75 Å². The van der Waals surface area contributed by atoms with Crippen molar-refractivity contribution in [1.29, 1.82) is 0 Å². The molecule has 0 spiro atoms. The molecule has 0 aliphatic heterocycles. The lowest BCUT2D eigenvalue weighted by atomic mass is 9.87. The van der Waals surface area contributed by atoms with E-state index in [1.165, 1.54) is 19.3 Å². The van der Waals surface area contributed by atoms with Gasteiger partial charge in [0.2, 0.25) is 0 Å². The van der Waals surface area contributed by atoms with Crippen molar-refractivity contribution in [3.05, 3.63) is 35.7 Å². The van der Waals surface area contributed by atoms with Crippen molar-refractivity contribution in [2.45, 2.75) is 78.0 Å². The zero-order chi connectivity index (χ0) is 34.0. The van der Waals surface area contributed by atoms with E-state index in [4.69, 9.17) is 28.4 Å². The molecule has 1 aliphatic carbocycles. The number of carbonyl (C=O) groups is 3. The number of hydrogen-bond acceptors (Lipinski definition) is 11. The Morgan fingerprint density at radius 2 is 1.76 bits per heavy atom. The van der Waals surface area contributed by atoms with Gasteiger partial charge in [0.05, 0.1) is 13.2 Å². The Balaban J connectivity index is 2.62. The predicted molar refractivity (Wildman–Crippen MR) is 162 cm³/mol. The van der Waals surface area contributed by atoms with Crippen molar-refractivity contribution in [2.75, 3.05) is 44.6 Å². The minimum atomic E-state index is -5.02. The first kappa shape index (κ1) is 37.6. The number of rotatable bonds is 14. The van der Waals surface area contributed by atoms with E-state index >= 15 is 4.39 Å². The fourth-order valence-electron chi connectivity index (χ4n) is 4.17. The molecule has 1 aromatic carbocycles. The van der Waals surface area contributed by atoms with E-state index < -0.39 is 70.5 Å². The molecule has 16 heteroatoms. The van der Waals surface area contributed by atoms with Gasteiger partial charge in [0, 0.05) is 13.2 Å². The maximum absolute atomic E-state index is 16.6. The molecular weight excluding hydrogens is 617 g/mol. The molecule has 2 N–H and O–H groups in total. The van der Waals surface area contributed by atoms with Crippen molar-refractivity contribution in [2.24, 2.45) is 0 Å². The van der Waals surface area contributed by atoms with Gasteiger partial charge in [0.15, 0.2) is 12.6 Å². The molecule has 45 heavy (non-hydrogen) atoms. The number of nitrogens with one attached hydrogen (secondary N) is 2. The summed E-state index contributed by atoms with van der Waals surface area (Å²) in [6, 6.07) is 0.881. The SMILES string of the molecule is C=CCOC(=O)NS(=O)(=O)N(CC(=O)OC(C)(C)C)c1c(OCOCCOC)cc2c(c1F)C[C@H](NC(=O)OC(C)(C)C)CC2. The Morgan fingerprint density at radius 1 is 1.09 bits per heavy atom. The van der Waals surface area contributed by atoms with Gasteiger partial charge < -0.3 is 33.7 Å². The van der Waals surface area contributed by atoms with Gasteiger partial charge >= 0.3 is 28.4 Å². The van der Waals surface area contributed by atoms with Gasteiger partial charge in [-0.1, -0.05) is 12.7 Å². The van der Waals surface area contributed by atoms with Crippen LogP contribution in [0.2, 0.25) is 0 Å². The molecule has 0 fully saturated rings. The highest BCUT2D eigenvalue weighted by Gasteiger charge is 2.37. The zero-order valence-electron chi connectivity index (χ0n) is 26.8. The van der Waals surface area contributed by atoms with Crippen LogP contribution in [0.15, 0.2) is 18.7 Å². The number of ether oxygens (including phenoxy) is 6. The van der Waals surface area contributed by atoms with E-state index in [9.17, 15) is 22.8 Å². The van der Waals surface area contributed by atoms with Crippen LogP contribution in [0, 0.1) is 5.82 Å². The van der Waals surface area contributed by atoms with Crippen LogP contribution in [0.1, 0.15) is 59.1 Å². The van der Waals surface area contributed by atoms with E-state index in [0.717, 1.165) is 0 Å². The minimum Gasteiger partial charge on any atom is -0.465 e. The summed E-state index contributed by atoms with van der Waals surface area (Å²) in [7, 11) is -3.55. The largest absolute Gasteiger partial charge is 0.465 e. The van der Waals surface area contributed by atoms with Crippen LogP contribution in [0.3, 0.4) is 0 Å². The van der Waals surface area contributed by atoms with Crippen LogP contribution in [-0.4, -0.2) is 84.1 Å². The molecule has 0 radical (unpaired) electrons.